The van der Waals surface area contributed by atoms with Crippen molar-refractivity contribution < 1.29 is 20.0 Å². The minimum atomic E-state index is -0.393. The van der Waals surface area contributed by atoms with Gasteiger partial charge in [-0.25, -0.2) is 10.6 Å². The van der Waals surface area contributed by atoms with Crippen LogP contribution in [0.25, 0.3) is 0 Å². The molecule has 3 N–H and O–H groups in total. The molecular formula is C14H16N5O4+. The van der Waals surface area contributed by atoms with Gasteiger partial charge in [0.2, 0.25) is 0 Å². The van der Waals surface area contributed by atoms with Crippen molar-refractivity contribution in [1.82, 2.24) is 15.2 Å². The van der Waals surface area contributed by atoms with Crippen molar-refractivity contribution in [3.8, 4) is 5.75 Å². The van der Waals surface area contributed by atoms with Crippen molar-refractivity contribution in [2.24, 2.45) is 5.10 Å². The lowest BCUT2D eigenvalue weighted by molar-refractivity contribution is -0.729. The van der Waals surface area contributed by atoms with Gasteiger partial charge >= 0.3 is 5.69 Å². The summed E-state index contributed by atoms with van der Waals surface area (Å²) in [6.07, 6.45) is 1.17. The molecule has 120 valence electrons. The van der Waals surface area contributed by atoms with E-state index in [0.29, 0.717) is 0 Å². The van der Waals surface area contributed by atoms with E-state index in [0.717, 1.165) is 11.4 Å². The molecule has 0 bridgehead atoms. The number of hydrogen-bond donors (Lipinski definition) is 3. The zero-order valence-electron chi connectivity index (χ0n) is 12.6. The molecule has 9 nitrogen and oxygen atoms in total. The van der Waals surface area contributed by atoms with Gasteiger partial charge in [-0.2, -0.15) is 10.2 Å². The molecule has 1 heterocycles. The Labute approximate surface area is 131 Å². The smallest absolute Gasteiger partial charge is 0.317 e. The monoisotopic (exact) mass is 318 g/mol. The molecule has 0 saturated carbocycles. The summed E-state index contributed by atoms with van der Waals surface area (Å²) in [5, 5.41) is 26.3. The summed E-state index contributed by atoms with van der Waals surface area (Å²) in [4.78, 5) is 22.2. The van der Waals surface area contributed by atoms with Crippen LogP contribution in [0.1, 0.15) is 17.0 Å². The highest BCUT2D eigenvalue weighted by molar-refractivity contribution is 5.85. The third kappa shape index (κ3) is 4.13. The summed E-state index contributed by atoms with van der Waals surface area (Å²) in [5.41, 5.74) is 4.06. The Morgan fingerprint density at radius 3 is 2.78 bits per heavy atom. The molecule has 0 radical (unpaired) electrons. The van der Waals surface area contributed by atoms with Gasteiger partial charge in [-0.05, 0) is 26.0 Å². The molecule has 1 amide bonds. The second-order valence-electron chi connectivity index (χ2n) is 4.89. The van der Waals surface area contributed by atoms with Gasteiger partial charge in [-0.15, -0.1) is 0 Å². The maximum atomic E-state index is 11.8. The van der Waals surface area contributed by atoms with Crippen LogP contribution in [-0.2, 0) is 11.3 Å². The second-order valence-corrected chi connectivity index (χ2v) is 4.89. The van der Waals surface area contributed by atoms with E-state index < -0.39 is 5.91 Å². The molecule has 9 heteroatoms. The number of hydrazone groups is 1. The van der Waals surface area contributed by atoms with Crippen LogP contribution in [0.2, 0.25) is 0 Å². The summed E-state index contributed by atoms with van der Waals surface area (Å²) in [6.45, 7) is 3.67. The molecule has 0 spiro atoms. The van der Waals surface area contributed by atoms with Gasteiger partial charge in [0.15, 0.2) is 0 Å². The third-order valence-corrected chi connectivity index (χ3v) is 3.02. The number of amides is 1. The molecule has 1 aromatic carbocycles. The number of hydrogen-bond acceptors (Lipinski definition) is 5. The number of aromatic hydroxyl groups is 1. The number of aryl methyl sites for hydroxylation is 2. The van der Waals surface area contributed by atoms with Crippen molar-refractivity contribution in [3.05, 3.63) is 46.1 Å². The Bertz CT molecular complexity index is 781. The average Bonchev–Trinajstić information content (AvgIpc) is 2.78. The normalized spacial score (nSPS) is 10.9. The molecule has 0 atom stereocenters. The Morgan fingerprint density at radius 1 is 1.43 bits per heavy atom. The summed E-state index contributed by atoms with van der Waals surface area (Å²) < 4.78 is 1.54. The largest absolute Gasteiger partial charge is 0.507 e. The quantitative estimate of drug-likeness (QED) is 0.564. The first-order valence-corrected chi connectivity index (χ1v) is 6.69. The van der Waals surface area contributed by atoms with Gasteiger partial charge in [0.05, 0.1) is 16.8 Å². The van der Waals surface area contributed by atoms with E-state index in [9.17, 15) is 14.8 Å². The number of carbonyl (C=O) groups is 1. The van der Waals surface area contributed by atoms with Gasteiger partial charge in [-0.1, -0.05) is 0 Å². The Balaban J connectivity index is 2.01. The van der Waals surface area contributed by atoms with Crippen LogP contribution < -0.4 is 5.43 Å². The van der Waals surface area contributed by atoms with Crippen LogP contribution in [0.3, 0.4) is 0 Å². The van der Waals surface area contributed by atoms with Gasteiger partial charge in [-0.3, -0.25) is 9.48 Å². The van der Waals surface area contributed by atoms with Gasteiger partial charge < -0.3 is 5.11 Å². The van der Waals surface area contributed by atoms with Crippen LogP contribution in [0.15, 0.2) is 29.4 Å². The van der Waals surface area contributed by atoms with Crippen LogP contribution in [0.5, 0.6) is 5.75 Å². The molecular weight excluding hydrogens is 302 g/mol. The lowest BCUT2D eigenvalue weighted by atomic mass is 10.2. The Morgan fingerprint density at radius 2 is 2.17 bits per heavy atom. The molecule has 2 rings (SSSR count). The van der Waals surface area contributed by atoms with Crippen molar-refractivity contribution in [3.63, 3.8) is 0 Å². The van der Waals surface area contributed by atoms with Gasteiger partial charge in [0.25, 0.3) is 10.8 Å². The van der Waals surface area contributed by atoms with Crippen LogP contribution >= 0.6 is 0 Å². The summed E-state index contributed by atoms with van der Waals surface area (Å²) in [5.74, 6) is -0.539. The lowest BCUT2D eigenvalue weighted by Crippen LogP contribution is -2.24. The highest BCUT2D eigenvalue weighted by Crippen LogP contribution is 2.20. The predicted octanol–water partition coefficient (Wildman–Crippen LogP) is 1.16. The first-order chi connectivity index (χ1) is 10.9. The van der Waals surface area contributed by atoms with E-state index >= 15 is 0 Å². The average molecular weight is 318 g/mol. The molecule has 1 aromatic heterocycles. The first-order valence-electron chi connectivity index (χ1n) is 6.69. The number of nitrogens with one attached hydrogen (secondary N) is 1. The topological polar surface area (TPSA) is 120 Å². The lowest BCUT2D eigenvalue weighted by Gasteiger charge is -2.03. The molecule has 2 aromatic rings. The summed E-state index contributed by atoms with van der Waals surface area (Å²) >= 11 is 0. The molecule has 0 aliphatic rings. The zero-order chi connectivity index (χ0) is 17.0. The van der Waals surface area contributed by atoms with E-state index in [2.05, 4.69) is 15.6 Å². The number of phenolic OH excluding ortho intramolecular Hbond substituents is 1. The number of benzene rings is 1. The van der Waals surface area contributed by atoms with E-state index in [1.54, 1.807) is 4.68 Å². The molecule has 0 aliphatic carbocycles. The van der Waals surface area contributed by atoms with Gasteiger partial charge in [0, 0.05) is 23.4 Å². The SMILES string of the molecule is Cc1cc(C)n(CC(=O)N/N=C/c2cc([N+](=O)O)ccc2O)n1. The number of aromatic nitrogens is 2. The van der Waals surface area contributed by atoms with Gasteiger partial charge in [0.1, 0.15) is 12.3 Å². The number of rotatable bonds is 5. The van der Waals surface area contributed by atoms with Crippen LogP contribution in [-0.4, -0.2) is 37.1 Å². The third-order valence-electron chi connectivity index (χ3n) is 3.02. The van der Waals surface area contributed by atoms with Crippen LogP contribution in [0.4, 0.5) is 5.69 Å². The minimum Gasteiger partial charge on any atom is -0.507 e. The second kappa shape index (κ2) is 6.69. The number of nitrogens with zero attached hydrogens (tertiary/aromatic N) is 4. The fourth-order valence-corrected chi connectivity index (χ4v) is 1.94. The fraction of sp³-hybridized carbons (Fsp3) is 0.214. The van der Waals surface area contributed by atoms with Crippen molar-refractivity contribution in [2.45, 2.75) is 20.4 Å². The van der Waals surface area contributed by atoms with Crippen molar-refractivity contribution in [1.29, 1.82) is 0 Å². The highest BCUT2D eigenvalue weighted by atomic mass is 16.6. The zero-order valence-corrected chi connectivity index (χ0v) is 12.6. The standard InChI is InChI=1S/C14H15N5O4/c1-9-5-10(2)18(17-9)8-14(21)16-15-7-11-6-12(19(22)23)3-4-13(11)20/h3-7H,8H2,1-2H3,(H2-,15,16,20,21,22,23)/p+1. The summed E-state index contributed by atoms with van der Waals surface area (Å²) in [7, 11) is 0. The number of phenols is 1. The van der Waals surface area contributed by atoms with E-state index in [-0.39, 0.29) is 28.5 Å². The molecule has 0 fully saturated rings. The van der Waals surface area contributed by atoms with E-state index in [4.69, 9.17) is 5.21 Å². The Kier molecular flexibility index (Phi) is 4.69. The summed E-state index contributed by atoms with van der Waals surface area (Å²) in [6, 6.07) is 5.54. The first kappa shape index (κ1) is 16.1. The fourth-order valence-electron chi connectivity index (χ4n) is 1.94. The molecule has 0 aliphatic heterocycles. The maximum absolute atomic E-state index is 11.8. The highest BCUT2D eigenvalue weighted by Gasteiger charge is 2.13. The van der Waals surface area contributed by atoms with Crippen molar-refractivity contribution >= 4 is 17.8 Å². The molecule has 23 heavy (non-hydrogen) atoms. The predicted molar refractivity (Wildman–Crippen MR) is 80.6 cm³/mol. The number of carbonyl (C=O) groups excluding carboxylic acids is 1. The minimum absolute atomic E-state index is 0.00795. The van der Waals surface area contributed by atoms with Crippen LogP contribution in [0, 0.1) is 18.8 Å². The molecule has 0 unspecified atom stereocenters. The molecule has 0 saturated heterocycles. The van der Waals surface area contributed by atoms with Crippen molar-refractivity contribution in [2.75, 3.05) is 0 Å². The van der Waals surface area contributed by atoms with E-state index in [1.165, 1.54) is 24.4 Å². The Hall–Kier alpha value is -3.23. The maximum Gasteiger partial charge on any atom is 0.317 e. The van der Waals surface area contributed by atoms with E-state index in [1.807, 2.05) is 19.9 Å².